The van der Waals surface area contributed by atoms with Gasteiger partial charge < -0.3 is 0 Å². The van der Waals surface area contributed by atoms with Crippen LogP contribution in [-0.4, -0.2) is 18.7 Å². The Morgan fingerprint density at radius 3 is 2.62 bits per heavy atom. The zero-order chi connectivity index (χ0) is 5.98. The summed E-state index contributed by atoms with van der Waals surface area (Å²) in [6.07, 6.45) is 1.03. The van der Waals surface area contributed by atoms with Crippen LogP contribution < -0.4 is 0 Å². The van der Waals surface area contributed by atoms with Gasteiger partial charge >= 0.3 is 0 Å². The molecule has 8 heavy (non-hydrogen) atoms. The van der Waals surface area contributed by atoms with E-state index in [1.165, 1.54) is 0 Å². The van der Waals surface area contributed by atoms with Gasteiger partial charge in [0.2, 0.25) is 5.03 Å². The molecule has 0 radical (unpaired) electrons. The Morgan fingerprint density at radius 1 is 1.62 bits per heavy atom. The van der Waals surface area contributed by atoms with Gasteiger partial charge in [-0.1, -0.05) is 5.16 Å². The number of rotatable bonds is 1. The molecule has 1 aromatic heterocycles. The lowest BCUT2D eigenvalue weighted by Crippen LogP contribution is -1.75. The monoisotopic (exact) mass is 134 g/mol. The third-order valence-electron chi connectivity index (χ3n) is 0.537. The van der Waals surface area contributed by atoms with Crippen LogP contribution in [0.4, 0.5) is 0 Å². The van der Waals surface area contributed by atoms with Crippen molar-refractivity contribution < 1.29 is 13.0 Å². The largest absolute Gasteiger partial charge is 0.243 e. The SMILES string of the molecule is O=[SH](=O)c1cnon1. The summed E-state index contributed by atoms with van der Waals surface area (Å²) in [5, 5.41) is 5.97. The predicted molar refractivity (Wildman–Crippen MR) is 22.9 cm³/mol. The van der Waals surface area contributed by atoms with Crippen molar-refractivity contribution in [3.05, 3.63) is 6.20 Å². The lowest BCUT2D eigenvalue weighted by atomic mass is 11.0. The van der Waals surface area contributed by atoms with Crippen molar-refractivity contribution in [2.75, 3.05) is 0 Å². The molecule has 0 fully saturated rings. The first-order chi connectivity index (χ1) is 3.80. The van der Waals surface area contributed by atoms with Crippen molar-refractivity contribution in [2.24, 2.45) is 0 Å². The molecule has 0 aliphatic carbocycles. The van der Waals surface area contributed by atoms with E-state index in [2.05, 4.69) is 14.9 Å². The highest BCUT2D eigenvalue weighted by molar-refractivity contribution is 7.72. The maximum absolute atomic E-state index is 9.94. The summed E-state index contributed by atoms with van der Waals surface area (Å²) in [5.74, 6) is 0. The Balaban J connectivity index is 3.11. The van der Waals surface area contributed by atoms with E-state index in [0.717, 1.165) is 6.20 Å². The van der Waals surface area contributed by atoms with Gasteiger partial charge in [-0.25, -0.2) is 13.0 Å². The van der Waals surface area contributed by atoms with E-state index in [1.54, 1.807) is 0 Å². The summed E-state index contributed by atoms with van der Waals surface area (Å²) in [6.45, 7) is 0. The van der Waals surface area contributed by atoms with E-state index in [-0.39, 0.29) is 5.03 Å². The van der Waals surface area contributed by atoms with Gasteiger partial charge in [-0.3, -0.25) is 0 Å². The first-order valence-electron chi connectivity index (χ1n) is 1.72. The van der Waals surface area contributed by atoms with Crippen molar-refractivity contribution in [2.45, 2.75) is 5.03 Å². The Hall–Kier alpha value is -0.910. The highest BCUT2D eigenvalue weighted by Crippen LogP contribution is 1.88. The molecule has 1 rings (SSSR count). The van der Waals surface area contributed by atoms with Crippen LogP contribution in [0.25, 0.3) is 0 Å². The van der Waals surface area contributed by atoms with Gasteiger partial charge in [0, 0.05) is 0 Å². The fraction of sp³-hybridized carbons (Fsp3) is 0. The third-order valence-corrected chi connectivity index (χ3v) is 1.11. The Labute approximate surface area is 46.2 Å². The highest BCUT2D eigenvalue weighted by atomic mass is 32.2. The second kappa shape index (κ2) is 1.91. The average molecular weight is 134 g/mol. The van der Waals surface area contributed by atoms with Crippen molar-refractivity contribution in [1.82, 2.24) is 10.3 Å². The second-order valence-electron chi connectivity index (χ2n) is 1.02. The van der Waals surface area contributed by atoms with Gasteiger partial charge in [0.25, 0.3) is 0 Å². The predicted octanol–water partition coefficient (Wildman–Crippen LogP) is -0.960. The Kier molecular flexibility index (Phi) is 1.25. The molecule has 0 aromatic carbocycles. The van der Waals surface area contributed by atoms with Crippen molar-refractivity contribution in [3.8, 4) is 0 Å². The lowest BCUT2D eigenvalue weighted by molar-refractivity contribution is 0.298. The first kappa shape index (κ1) is 5.23. The standard InChI is InChI=1S/C2H2N2O3S/c5-8(6)2-1-3-7-4-2/h1,8H. The molecule has 6 heteroatoms. The zero-order valence-corrected chi connectivity index (χ0v) is 4.54. The summed E-state index contributed by atoms with van der Waals surface area (Å²) < 4.78 is 23.9. The molecule has 1 aromatic rings. The third kappa shape index (κ3) is 0.836. The normalized spacial score (nSPS) is 10.1. The van der Waals surface area contributed by atoms with Crippen LogP contribution >= 0.6 is 0 Å². The minimum absolute atomic E-state index is 0.139. The van der Waals surface area contributed by atoms with Crippen LogP contribution in [0.3, 0.4) is 0 Å². The van der Waals surface area contributed by atoms with E-state index in [1.807, 2.05) is 0 Å². The number of hydrogen-bond donors (Lipinski definition) is 1. The summed E-state index contributed by atoms with van der Waals surface area (Å²) in [6, 6.07) is 0. The molecule has 0 amide bonds. The highest BCUT2D eigenvalue weighted by Gasteiger charge is 1.95. The summed E-state index contributed by atoms with van der Waals surface area (Å²) in [7, 11) is -2.63. The molecule has 0 unspecified atom stereocenters. The number of hydrogen-bond acceptors (Lipinski definition) is 5. The van der Waals surface area contributed by atoms with Gasteiger partial charge in [-0.2, -0.15) is 0 Å². The van der Waals surface area contributed by atoms with Crippen LogP contribution in [0.5, 0.6) is 0 Å². The van der Waals surface area contributed by atoms with E-state index < -0.39 is 10.7 Å². The molecule has 5 nitrogen and oxygen atoms in total. The molecule has 0 saturated heterocycles. The van der Waals surface area contributed by atoms with Crippen LogP contribution in [0.15, 0.2) is 15.9 Å². The number of nitrogens with zero attached hydrogens (tertiary/aromatic N) is 2. The minimum atomic E-state index is -2.63. The quantitative estimate of drug-likeness (QED) is 0.501. The molecule has 0 N–H and O–H groups in total. The van der Waals surface area contributed by atoms with Gasteiger partial charge in [0.15, 0.2) is 10.7 Å². The fourth-order valence-corrected chi connectivity index (χ4v) is 0.485. The maximum Gasteiger partial charge on any atom is 0.216 e. The van der Waals surface area contributed by atoms with Gasteiger partial charge in [0.1, 0.15) is 6.20 Å². The smallest absolute Gasteiger partial charge is 0.216 e. The van der Waals surface area contributed by atoms with Crippen LogP contribution in [-0.2, 0) is 10.7 Å². The molecular formula is C2H2N2O3S. The minimum Gasteiger partial charge on any atom is -0.243 e. The molecule has 0 bridgehead atoms. The molecular weight excluding hydrogens is 132 g/mol. The van der Waals surface area contributed by atoms with E-state index in [9.17, 15) is 8.42 Å². The number of thiol groups is 1. The van der Waals surface area contributed by atoms with Gasteiger partial charge in [-0.15, -0.1) is 0 Å². The molecule has 0 aliphatic rings. The molecule has 44 valence electrons. The van der Waals surface area contributed by atoms with Gasteiger partial charge in [0.05, 0.1) is 0 Å². The molecule has 0 atom stereocenters. The van der Waals surface area contributed by atoms with E-state index in [0.29, 0.717) is 0 Å². The summed E-state index contributed by atoms with van der Waals surface area (Å²) >= 11 is 0. The molecule has 0 spiro atoms. The Morgan fingerprint density at radius 2 is 2.38 bits per heavy atom. The van der Waals surface area contributed by atoms with Crippen LogP contribution in [0.1, 0.15) is 0 Å². The lowest BCUT2D eigenvalue weighted by Gasteiger charge is -1.64. The van der Waals surface area contributed by atoms with Crippen LogP contribution in [0, 0.1) is 0 Å². The van der Waals surface area contributed by atoms with Gasteiger partial charge in [-0.05, 0) is 5.16 Å². The number of aromatic nitrogens is 2. The molecule has 1 heterocycles. The summed E-state index contributed by atoms with van der Waals surface area (Å²) in [4.78, 5) is 0. The second-order valence-corrected chi connectivity index (χ2v) is 2.00. The van der Waals surface area contributed by atoms with E-state index >= 15 is 0 Å². The summed E-state index contributed by atoms with van der Waals surface area (Å²) in [5.41, 5.74) is 0. The molecule has 0 saturated carbocycles. The molecule has 0 aliphatic heterocycles. The van der Waals surface area contributed by atoms with Crippen LogP contribution in [0.2, 0.25) is 0 Å². The average Bonchev–Trinajstić information content (AvgIpc) is 2.12. The Bertz CT molecular complexity index is 217. The topological polar surface area (TPSA) is 73.1 Å². The van der Waals surface area contributed by atoms with Crippen molar-refractivity contribution >= 4 is 10.7 Å². The first-order valence-corrected chi connectivity index (χ1v) is 2.90. The van der Waals surface area contributed by atoms with Crippen molar-refractivity contribution in [1.29, 1.82) is 0 Å². The van der Waals surface area contributed by atoms with E-state index in [4.69, 9.17) is 0 Å². The zero-order valence-electron chi connectivity index (χ0n) is 3.64. The van der Waals surface area contributed by atoms with Crippen molar-refractivity contribution in [3.63, 3.8) is 0 Å². The fourth-order valence-electron chi connectivity index (χ4n) is 0.240. The maximum atomic E-state index is 9.94.